The molecule has 0 amide bonds. The van der Waals surface area contributed by atoms with Gasteiger partial charge in [-0.15, -0.1) is 11.8 Å². The maximum atomic E-state index is 5.58. The summed E-state index contributed by atoms with van der Waals surface area (Å²) >= 11 is 7.16. The monoisotopic (exact) mass is 189 g/mol. The number of hydrogen-bond donors (Lipinski definition) is 1. The zero-order chi connectivity index (χ0) is 8.27. The molecule has 0 aliphatic heterocycles. The van der Waals surface area contributed by atoms with E-state index >= 15 is 0 Å². The molecule has 0 aliphatic carbocycles. The number of nitrogens with one attached hydrogen (secondary N) is 1. The Morgan fingerprint density at radius 2 is 2.36 bits per heavy atom. The van der Waals surface area contributed by atoms with E-state index in [1.807, 2.05) is 6.26 Å². The minimum absolute atomic E-state index is 0.271. The molecule has 0 unspecified atom stereocenters. The number of anilines is 1. The second kappa shape index (κ2) is 3.78. The van der Waals surface area contributed by atoms with Crippen LogP contribution in [-0.2, 0) is 0 Å². The molecule has 0 fully saturated rings. The van der Waals surface area contributed by atoms with Crippen LogP contribution in [0, 0.1) is 0 Å². The molecule has 1 aromatic rings. The maximum Gasteiger partial charge on any atom is 0.224 e. The molecule has 1 heterocycles. The first-order chi connectivity index (χ1) is 5.27. The topological polar surface area (TPSA) is 37.8 Å². The number of nitrogens with zero attached hydrogens (tertiary/aromatic N) is 2. The molecule has 60 valence electrons. The van der Waals surface area contributed by atoms with E-state index in [1.54, 1.807) is 25.0 Å². The number of halogens is 1. The molecule has 0 radical (unpaired) electrons. The Labute approximate surface area is 74.6 Å². The van der Waals surface area contributed by atoms with Crippen molar-refractivity contribution in [3.63, 3.8) is 0 Å². The lowest BCUT2D eigenvalue weighted by atomic mass is 10.6. The lowest BCUT2D eigenvalue weighted by molar-refractivity contribution is 1.09. The summed E-state index contributed by atoms with van der Waals surface area (Å²) in [6, 6.07) is 0. The van der Waals surface area contributed by atoms with Gasteiger partial charge in [0.2, 0.25) is 5.28 Å². The van der Waals surface area contributed by atoms with Gasteiger partial charge in [-0.3, -0.25) is 0 Å². The van der Waals surface area contributed by atoms with Crippen LogP contribution in [0.1, 0.15) is 0 Å². The summed E-state index contributed by atoms with van der Waals surface area (Å²) in [6.45, 7) is 0. The van der Waals surface area contributed by atoms with Crippen molar-refractivity contribution in [2.75, 3.05) is 18.6 Å². The smallest absolute Gasteiger partial charge is 0.224 e. The van der Waals surface area contributed by atoms with Gasteiger partial charge in [0.05, 0.1) is 4.90 Å². The predicted octanol–water partition coefficient (Wildman–Crippen LogP) is 1.89. The molecule has 0 atom stereocenters. The van der Waals surface area contributed by atoms with Crippen molar-refractivity contribution < 1.29 is 0 Å². The SMILES string of the molecule is CNc1nc(Cl)ncc1SC. The first-order valence-electron chi connectivity index (χ1n) is 3.02. The van der Waals surface area contributed by atoms with Crippen molar-refractivity contribution in [1.82, 2.24) is 9.97 Å². The van der Waals surface area contributed by atoms with Gasteiger partial charge in [0.25, 0.3) is 0 Å². The lowest BCUT2D eigenvalue weighted by Crippen LogP contribution is -1.95. The zero-order valence-corrected chi connectivity index (χ0v) is 7.83. The Balaban J connectivity index is 3.06. The molecular weight excluding hydrogens is 182 g/mol. The van der Waals surface area contributed by atoms with Gasteiger partial charge in [-0.25, -0.2) is 4.98 Å². The van der Waals surface area contributed by atoms with Crippen LogP contribution < -0.4 is 5.32 Å². The van der Waals surface area contributed by atoms with E-state index in [0.717, 1.165) is 10.7 Å². The molecule has 0 aromatic carbocycles. The molecule has 5 heteroatoms. The van der Waals surface area contributed by atoms with Gasteiger partial charge >= 0.3 is 0 Å². The number of rotatable bonds is 2. The van der Waals surface area contributed by atoms with Crippen LogP contribution in [0.4, 0.5) is 5.82 Å². The van der Waals surface area contributed by atoms with Gasteiger partial charge in [0.1, 0.15) is 5.82 Å². The standard InChI is InChI=1S/C6H8ClN3S/c1-8-5-4(11-2)3-9-6(7)10-5/h3H,1-2H3,(H,8,9,10). The Morgan fingerprint density at radius 3 is 2.91 bits per heavy atom. The molecule has 0 aliphatic rings. The zero-order valence-electron chi connectivity index (χ0n) is 6.26. The van der Waals surface area contributed by atoms with Crippen LogP contribution in [0.2, 0.25) is 5.28 Å². The van der Waals surface area contributed by atoms with Crippen molar-refractivity contribution in [2.45, 2.75) is 4.90 Å². The van der Waals surface area contributed by atoms with Crippen molar-refractivity contribution >= 4 is 29.2 Å². The second-order valence-electron chi connectivity index (χ2n) is 1.81. The normalized spacial score (nSPS) is 9.73. The van der Waals surface area contributed by atoms with E-state index in [2.05, 4.69) is 15.3 Å². The molecule has 1 aromatic heterocycles. The van der Waals surface area contributed by atoms with E-state index in [1.165, 1.54) is 0 Å². The third kappa shape index (κ3) is 1.97. The Hall–Kier alpha value is -0.480. The van der Waals surface area contributed by atoms with E-state index in [4.69, 9.17) is 11.6 Å². The van der Waals surface area contributed by atoms with E-state index in [9.17, 15) is 0 Å². The Bertz CT molecular complexity index is 254. The molecule has 0 bridgehead atoms. The summed E-state index contributed by atoms with van der Waals surface area (Å²) < 4.78 is 0. The second-order valence-corrected chi connectivity index (χ2v) is 2.99. The first kappa shape index (κ1) is 8.62. The van der Waals surface area contributed by atoms with Gasteiger partial charge in [-0.1, -0.05) is 0 Å². The van der Waals surface area contributed by atoms with Gasteiger partial charge in [0, 0.05) is 13.2 Å². The van der Waals surface area contributed by atoms with E-state index < -0.39 is 0 Å². The van der Waals surface area contributed by atoms with E-state index in [0.29, 0.717) is 0 Å². The fourth-order valence-electron chi connectivity index (χ4n) is 0.678. The molecule has 11 heavy (non-hydrogen) atoms. The number of thioether (sulfide) groups is 1. The highest BCUT2D eigenvalue weighted by molar-refractivity contribution is 7.98. The molecule has 1 N–H and O–H groups in total. The van der Waals surface area contributed by atoms with E-state index in [-0.39, 0.29) is 5.28 Å². The summed E-state index contributed by atoms with van der Waals surface area (Å²) in [5.74, 6) is 0.775. The summed E-state index contributed by atoms with van der Waals surface area (Å²) in [6.07, 6.45) is 3.67. The molecule has 0 spiro atoms. The molecular formula is C6H8ClN3S. The third-order valence-corrected chi connectivity index (χ3v) is 2.10. The summed E-state index contributed by atoms with van der Waals surface area (Å²) in [4.78, 5) is 8.83. The van der Waals surface area contributed by atoms with Crippen molar-refractivity contribution in [1.29, 1.82) is 0 Å². The van der Waals surface area contributed by atoms with Crippen LogP contribution >= 0.6 is 23.4 Å². The van der Waals surface area contributed by atoms with Gasteiger partial charge in [-0.05, 0) is 17.9 Å². The Morgan fingerprint density at radius 1 is 1.64 bits per heavy atom. The number of hydrogen-bond acceptors (Lipinski definition) is 4. The molecule has 0 saturated carbocycles. The van der Waals surface area contributed by atoms with Crippen LogP contribution in [0.15, 0.2) is 11.1 Å². The molecule has 0 saturated heterocycles. The fourth-order valence-corrected chi connectivity index (χ4v) is 1.31. The molecule has 3 nitrogen and oxygen atoms in total. The highest BCUT2D eigenvalue weighted by Gasteiger charge is 2.01. The predicted molar refractivity (Wildman–Crippen MR) is 48.4 cm³/mol. The number of aromatic nitrogens is 2. The van der Waals surface area contributed by atoms with Gasteiger partial charge in [0.15, 0.2) is 0 Å². The largest absolute Gasteiger partial charge is 0.372 e. The average molecular weight is 190 g/mol. The third-order valence-electron chi connectivity index (χ3n) is 1.18. The van der Waals surface area contributed by atoms with Crippen molar-refractivity contribution in [3.05, 3.63) is 11.5 Å². The fraction of sp³-hybridized carbons (Fsp3) is 0.333. The minimum Gasteiger partial charge on any atom is -0.372 e. The van der Waals surface area contributed by atoms with Crippen molar-refractivity contribution in [2.24, 2.45) is 0 Å². The van der Waals surface area contributed by atoms with Crippen molar-refractivity contribution in [3.8, 4) is 0 Å². The highest BCUT2D eigenvalue weighted by atomic mass is 35.5. The summed E-state index contributed by atoms with van der Waals surface area (Å²) in [5.41, 5.74) is 0. The van der Waals surface area contributed by atoms with Crippen LogP contribution in [-0.4, -0.2) is 23.3 Å². The van der Waals surface area contributed by atoms with Crippen LogP contribution in [0.25, 0.3) is 0 Å². The van der Waals surface area contributed by atoms with Crippen LogP contribution in [0.3, 0.4) is 0 Å². The quantitative estimate of drug-likeness (QED) is 0.570. The first-order valence-corrected chi connectivity index (χ1v) is 4.62. The van der Waals surface area contributed by atoms with Gasteiger partial charge in [-0.2, -0.15) is 4.98 Å². The summed E-state index contributed by atoms with van der Waals surface area (Å²) in [5, 5.41) is 3.20. The van der Waals surface area contributed by atoms with Crippen LogP contribution in [0.5, 0.6) is 0 Å². The van der Waals surface area contributed by atoms with Gasteiger partial charge < -0.3 is 5.32 Å². The average Bonchev–Trinajstić information content (AvgIpc) is 2.04. The minimum atomic E-state index is 0.271. The Kier molecular flexibility index (Phi) is 2.96. The lowest BCUT2D eigenvalue weighted by Gasteiger charge is -2.03. The highest BCUT2D eigenvalue weighted by Crippen LogP contribution is 2.22. The maximum absolute atomic E-state index is 5.58. The molecule has 1 rings (SSSR count). The summed E-state index contributed by atoms with van der Waals surface area (Å²) in [7, 11) is 1.80.